The van der Waals surface area contributed by atoms with Crippen LogP contribution in [0.15, 0.2) is 35.3 Å². The van der Waals surface area contributed by atoms with Gasteiger partial charge < -0.3 is 10.6 Å². The lowest BCUT2D eigenvalue weighted by atomic mass is 10.0. The topological polar surface area (TPSA) is 39.7 Å². The van der Waals surface area contributed by atoms with Crippen molar-refractivity contribution in [2.24, 2.45) is 10.9 Å². The fourth-order valence-corrected chi connectivity index (χ4v) is 3.36. The number of hydrogen-bond acceptors (Lipinski definition) is 4. The summed E-state index contributed by atoms with van der Waals surface area (Å²) in [4.78, 5) is 7.12. The van der Waals surface area contributed by atoms with Crippen LogP contribution in [0.25, 0.3) is 0 Å². The number of likely N-dealkylation sites (tertiary alicyclic amines) is 1. The van der Waals surface area contributed by atoms with Crippen molar-refractivity contribution in [1.82, 2.24) is 15.5 Å². The van der Waals surface area contributed by atoms with Gasteiger partial charge in [0.15, 0.2) is 5.96 Å². The highest BCUT2D eigenvalue weighted by atomic mass is 15.2. The van der Waals surface area contributed by atoms with Crippen molar-refractivity contribution in [3.63, 3.8) is 0 Å². The summed E-state index contributed by atoms with van der Waals surface area (Å²) < 4.78 is 0. The maximum atomic E-state index is 4.50. The van der Waals surface area contributed by atoms with Gasteiger partial charge in [-0.25, -0.2) is 0 Å². The summed E-state index contributed by atoms with van der Waals surface area (Å²) >= 11 is 0. The van der Waals surface area contributed by atoms with Crippen molar-refractivity contribution in [3.8, 4) is 0 Å². The van der Waals surface area contributed by atoms with Crippen LogP contribution in [-0.2, 0) is 6.54 Å². The van der Waals surface area contributed by atoms with Gasteiger partial charge in [0.1, 0.15) is 0 Å². The standard InChI is InChI=1S/C18H28N4/c1-2-7-16(8-3-1)14-22-12-5-4-9-17(15-22)13-21-18-19-10-6-11-20-18/h1-3,7-8,17H,4-6,9-15H2,(H2,19,20,21). The van der Waals surface area contributed by atoms with Crippen LogP contribution in [0, 0.1) is 5.92 Å². The average Bonchev–Trinajstić information content (AvgIpc) is 2.80. The molecule has 0 amide bonds. The number of hydrogen-bond donors (Lipinski definition) is 2. The number of benzene rings is 1. The van der Waals surface area contributed by atoms with E-state index in [9.17, 15) is 0 Å². The van der Waals surface area contributed by atoms with Crippen LogP contribution in [0.1, 0.15) is 31.2 Å². The lowest BCUT2D eigenvalue weighted by molar-refractivity contribution is 0.241. The Morgan fingerprint density at radius 3 is 2.91 bits per heavy atom. The number of guanidine groups is 1. The summed E-state index contributed by atoms with van der Waals surface area (Å²) in [5, 5.41) is 6.87. The largest absolute Gasteiger partial charge is 0.356 e. The third-order valence-corrected chi connectivity index (χ3v) is 4.56. The first-order valence-corrected chi connectivity index (χ1v) is 8.68. The molecule has 1 saturated heterocycles. The van der Waals surface area contributed by atoms with Crippen LogP contribution in [0.5, 0.6) is 0 Å². The third-order valence-electron chi connectivity index (χ3n) is 4.56. The molecule has 2 heterocycles. The molecule has 1 aromatic rings. The molecular formula is C18H28N4. The van der Waals surface area contributed by atoms with Crippen LogP contribution < -0.4 is 10.6 Å². The van der Waals surface area contributed by atoms with Gasteiger partial charge in [0.25, 0.3) is 0 Å². The predicted molar refractivity (Wildman–Crippen MR) is 92.0 cm³/mol. The second-order valence-electron chi connectivity index (χ2n) is 6.47. The Balaban J connectivity index is 1.50. The van der Waals surface area contributed by atoms with Crippen molar-refractivity contribution >= 4 is 5.96 Å². The van der Waals surface area contributed by atoms with Gasteiger partial charge in [-0.3, -0.25) is 9.89 Å². The van der Waals surface area contributed by atoms with Gasteiger partial charge in [0, 0.05) is 32.7 Å². The van der Waals surface area contributed by atoms with Gasteiger partial charge in [0.05, 0.1) is 0 Å². The number of nitrogens with one attached hydrogen (secondary N) is 2. The molecule has 0 aromatic heterocycles. The molecule has 0 bridgehead atoms. The third kappa shape index (κ3) is 4.73. The van der Waals surface area contributed by atoms with Crippen molar-refractivity contribution < 1.29 is 0 Å². The first-order chi connectivity index (χ1) is 10.9. The summed E-state index contributed by atoms with van der Waals surface area (Å²) in [6, 6.07) is 10.8. The molecular weight excluding hydrogens is 272 g/mol. The summed E-state index contributed by atoms with van der Waals surface area (Å²) in [7, 11) is 0. The molecule has 0 aliphatic carbocycles. The number of rotatable bonds is 4. The molecule has 2 aliphatic rings. The van der Waals surface area contributed by atoms with Crippen LogP contribution in [0.3, 0.4) is 0 Å². The summed E-state index contributed by atoms with van der Waals surface area (Å²) in [6.07, 6.45) is 5.14. The SMILES string of the molecule is c1ccc(CN2CCCCC(CNC3=NCCCN3)C2)cc1. The highest BCUT2D eigenvalue weighted by Gasteiger charge is 2.18. The molecule has 3 rings (SSSR count). The van der Waals surface area contributed by atoms with Crippen LogP contribution >= 0.6 is 0 Å². The zero-order valence-electron chi connectivity index (χ0n) is 13.4. The van der Waals surface area contributed by atoms with Gasteiger partial charge in [0.2, 0.25) is 0 Å². The molecule has 2 N–H and O–H groups in total. The van der Waals surface area contributed by atoms with Crippen molar-refractivity contribution in [2.75, 3.05) is 32.7 Å². The van der Waals surface area contributed by atoms with E-state index in [1.165, 1.54) is 37.9 Å². The van der Waals surface area contributed by atoms with Crippen LogP contribution in [0.4, 0.5) is 0 Å². The zero-order valence-corrected chi connectivity index (χ0v) is 13.4. The molecule has 1 atom stereocenters. The minimum absolute atomic E-state index is 0.720. The Kier molecular flexibility index (Phi) is 5.71. The molecule has 1 unspecified atom stereocenters. The zero-order chi connectivity index (χ0) is 15.0. The van der Waals surface area contributed by atoms with Crippen LogP contribution in [0.2, 0.25) is 0 Å². The molecule has 4 nitrogen and oxygen atoms in total. The van der Waals surface area contributed by atoms with E-state index >= 15 is 0 Å². The minimum Gasteiger partial charge on any atom is -0.356 e. The van der Waals surface area contributed by atoms with Crippen molar-refractivity contribution in [1.29, 1.82) is 0 Å². The Hall–Kier alpha value is -1.55. The van der Waals surface area contributed by atoms with Crippen molar-refractivity contribution in [3.05, 3.63) is 35.9 Å². The summed E-state index contributed by atoms with van der Waals surface area (Å²) in [6.45, 7) is 6.55. The number of aliphatic imine (C=N–C) groups is 1. The Morgan fingerprint density at radius 1 is 1.18 bits per heavy atom. The van der Waals surface area contributed by atoms with E-state index in [1.807, 2.05) is 0 Å². The fourth-order valence-electron chi connectivity index (χ4n) is 3.36. The second-order valence-corrected chi connectivity index (χ2v) is 6.47. The predicted octanol–water partition coefficient (Wildman–Crippen LogP) is 2.23. The molecule has 1 aromatic carbocycles. The highest BCUT2D eigenvalue weighted by Crippen LogP contribution is 2.18. The quantitative estimate of drug-likeness (QED) is 0.896. The molecule has 0 saturated carbocycles. The van der Waals surface area contributed by atoms with Crippen molar-refractivity contribution in [2.45, 2.75) is 32.2 Å². The van der Waals surface area contributed by atoms with Gasteiger partial charge in [-0.1, -0.05) is 36.8 Å². The van der Waals surface area contributed by atoms with Gasteiger partial charge in [-0.15, -0.1) is 0 Å². The molecule has 4 heteroatoms. The molecule has 1 fully saturated rings. The minimum atomic E-state index is 0.720. The maximum Gasteiger partial charge on any atom is 0.191 e. The molecule has 0 radical (unpaired) electrons. The first kappa shape index (κ1) is 15.3. The normalized spacial score (nSPS) is 23.3. The van der Waals surface area contributed by atoms with E-state index in [1.54, 1.807) is 0 Å². The maximum absolute atomic E-state index is 4.50. The molecule has 22 heavy (non-hydrogen) atoms. The van der Waals surface area contributed by atoms with E-state index in [2.05, 4.69) is 50.9 Å². The first-order valence-electron chi connectivity index (χ1n) is 8.68. The van der Waals surface area contributed by atoms with E-state index in [4.69, 9.17) is 0 Å². The highest BCUT2D eigenvalue weighted by molar-refractivity contribution is 5.80. The molecule has 0 spiro atoms. The Morgan fingerprint density at radius 2 is 2.09 bits per heavy atom. The lowest BCUT2D eigenvalue weighted by Crippen LogP contribution is -2.44. The Labute approximate surface area is 134 Å². The number of nitrogens with zero attached hydrogens (tertiary/aromatic N) is 2. The fraction of sp³-hybridized carbons (Fsp3) is 0.611. The van der Waals surface area contributed by atoms with E-state index < -0.39 is 0 Å². The summed E-state index contributed by atoms with van der Waals surface area (Å²) in [5.74, 6) is 1.72. The second kappa shape index (κ2) is 8.18. The van der Waals surface area contributed by atoms with E-state index in [0.29, 0.717) is 0 Å². The van der Waals surface area contributed by atoms with Gasteiger partial charge >= 0.3 is 0 Å². The van der Waals surface area contributed by atoms with E-state index in [0.717, 1.165) is 44.5 Å². The Bertz CT molecular complexity index is 471. The summed E-state index contributed by atoms with van der Waals surface area (Å²) in [5.41, 5.74) is 1.43. The molecule has 120 valence electrons. The van der Waals surface area contributed by atoms with E-state index in [-0.39, 0.29) is 0 Å². The smallest absolute Gasteiger partial charge is 0.191 e. The van der Waals surface area contributed by atoms with Gasteiger partial charge in [-0.05, 0) is 37.3 Å². The lowest BCUT2D eigenvalue weighted by Gasteiger charge is -2.25. The van der Waals surface area contributed by atoms with Gasteiger partial charge in [-0.2, -0.15) is 0 Å². The molecule has 2 aliphatic heterocycles. The average molecular weight is 300 g/mol. The monoisotopic (exact) mass is 300 g/mol. The van der Waals surface area contributed by atoms with Crippen LogP contribution in [-0.4, -0.2) is 43.6 Å².